The number of hydrogen-bond donors (Lipinski definition) is 4. The molecule has 1 unspecified atom stereocenters. The minimum Gasteiger partial charge on any atom is -0.478 e. The second kappa shape index (κ2) is 8.97. The molecule has 1 atom stereocenters. The van der Waals surface area contributed by atoms with Gasteiger partial charge in [0.2, 0.25) is 0 Å². The van der Waals surface area contributed by atoms with Crippen LogP contribution >= 0.6 is 0 Å². The van der Waals surface area contributed by atoms with Crippen LogP contribution in [-0.2, 0) is 14.6 Å². The SMILES string of the molecule is O=C(O)c1ccc(Oc2ccc(S(=O)(=O)C3(C(=O)NO)CCC4(CCNCC4)C3)cc2)c(F)c1. The number of amides is 1. The van der Waals surface area contributed by atoms with E-state index in [1.54, 1.807) is 5.48 Å². The van der Waals surface area contributed by atoms with E-state index in [-0.39, 0.29) is 40.2 Å². The van der Waals surface area contributed by atoms with Gasteiger partial charge in [0.1, 0.15) is 5.75 Å². The molecule has 11 heteroatoms. The maximum atomic E-state index is 14.2. The average molecular weight is 493 g/mol. The van der Waals surface area contributed by atoms with E-state index in [0.717, 1.165) is 32.0 Å². The summed E-state index contributed by atoms with van der Waals surface area (Å²) in [5.74, 6) is -3.19. The minimum absolute atomic E-state index is 0.0983. The van der Waals surface area contributed by atoms with Crippen LogP contribution in [0.2, 0.25) is 0 Å². The van der Waals surface area contributed by atoms with Crippen LogP contribution in [0, 0.1) is 11.2 Å². The molecule has 0 radical (unpaired) electrons. The van der Waals surface area contributed by atoms with E-state index in [0.29, 0.717) is 6.42 Å². The van der Waals surface area contributed by atoms with Gasteiger partial charge < -0.3 is 15.2 Å². The van der Waals surface area contributed by atoms with Crippen LogP contribution in [0.5, 0.6) is 11.5 Å². The van der Waals surface area contributed by atoms with E-state index in [9.17, 15) is 27.6 Å². The second-order valence-corrected chi connectivity index (χ2v) is 11.1. The number of benzene rings is 2. The van der Waals surface area contributed by atoms with Crippen molar-refractivity contribution in [3.05, 3.63) is 53.8 Å². The van der Waals surface area contributed by atoms with Crippen molar-refractivity contribution in [2.75, 3.05) is 13.1 Å². The molecule has 9 nitrogen and oxygen atoms in total. The van der Waals surface area contributed by atoms with Crippen LogP contribution in [-0.4, -0.2) is 48.4 Å². The number of nitrogens with one attached hydrogen (secondary N) is 2. The minimum atomic E-state index is -4.19. The lowest BCUT2D eigenvalue weighted by Crippen LogP contribution is -2.51. The van der Waals surface area contributed by atoms with Gasteiger partial charge in [0.25, 0.3) is 5.91 Å². The first kappa shape index (κ1) is 24.1. The molecule has 0 bridgehead atoms. The largest absolute Gasteiger partial charge is 0.478 e. The van der Waals surface area contributed by atoms with Gasteiger partial charge in [-0.2, -0.15) is 0 Å². The number of carbonyl (C=O) groups excluding carboxylic acids is 1. The third kappa shape index (κ3) is 4.15. The van der Waals surface area contributed by atoms with E-state index in [1.165, 1.54) is 36.4 Å². The number of carbonyl (C=O) groups is 2. The zero-order chi connectivity index (χ0) is 24.6. The standard InChI is InChI=1S/C23H25FN2O7S/c24-18-13-15(20(27)28)1-6-19(18)33-16-2-4-17(5-3-16)34(31,32)23(21(29)26-30)8-7-22(14-23)9-11-25-12-10-22/h1-6,13,25,30H,7-12,14H2,(H,26,29)(H,27,28). The van der Waals surface area contributed by atoms with Crippen LogP contribution in [0.3, 0.4) is 0 Å². The van der Waals surface area contributed by atoms with E-state index < -0.39 is 32.3 Å². The summed E-state index contributed by atoms with van der Waals surface area (Å²) in [5.41, 5.74) is 1.05. The van der Waals surface area contributed by atoms with Crippen LogP contribution in [0.1, 0.15) is 42.5 Å². The highest BCUT2D eigenvalue weighted by molar-refractivity contribution is 7.93. The van der Waals surface area contributed by atoms with Crippen molar-refractivity contribution in [1.82, 2.24) is 10.8 Å². The van der Waals surface area contributed by atoms with E-state index in [4.69, 9.17) is 9.84 Å². The van der Waals surface area contributed by atoms with Gasteiger partial charge in [0.05, 0.1) is 10.5 Å². The Kier molecular flexibility index (Phi) is 6.36. The highest BCUT2D eigenvalue weighted by Crippen LogP contribution is 2.54. The molecule has 1 heterocycles. The van der Waals surface area contributed by atoms with Gasteiger partial charge >= 0.3 is 5.97 Å². The topological polar surface area (TPSA) is 142 Å². The van der Waals surface area contributed by atoms with Gasteiger partial charge in [0.15, 0.2) is 26.2 Å². The smallest absolute Gasteiger partial charge is 0.335 e. The molecule has 1 aliphatic carbocycles. The summed E-state index contributed by atoms with van der Waals surface area (Å²) in [6, 6.07) is 8.38. The van der Waals surface area contributed by atoms with Crippen molar-refractivity contribution in [2.45, 2.75) is 41.7 Å². The summed E-state index contributed by atoms with van der Waals surface area (Å²) in [7, 11) is -4.19. The molecule has 4 N–H and O–H groups in total. The first-order valence-electron chi connectivity index (χ1n) is 10.8. The molecule has 2 aromatic carbocycles. The molecular weight excluding hydrogens is 467 g/mol. The molecular formula is C23H25FN2O7S. The molecule has 4 rings (SSSR count). The zero-order valence-corrected chi connectivity index (χ0v) is 19.0. The third-order valence-corrected chi connectivity index (χ3v) is 9.41. The number of ether oxygens (including phenoxy) is 1. The molecule has 2 fully saturated rings. The number of carboxylic acids is 1. The van der Waals surface area contributed by atoms with Gasteiger partial charge in [-0.1, -0.05) is 0 Å². The quantitative estimate of drug-likeness (QED) is 0.356. The van der Waals surface area contributed by atoms with Crippen molar-refractivity contribution in [3.63, 3.8) is 0 Å². The number of sulfone groups is 1. The molecule has 34 heavy (non-hydrogen) atoms. The lowest BCUT2D eigenvalue weighted by atomic mass is 9.77. The maximum Gasteiger partial charge on any atom is 0.335 e. The molecule has 1 saturated carbocycles. The van der Waals surface area contributed by atoms with Gasteiger partial charge in [-0.25, -0.2) is 23.1 Å². The normalized spacial score (nSPS) is 21.8. The van der Waals surface area contributed by atoms with Gasteiger partial charge in [-0.05, 0) is 93.1 Å². The summed E-state index contributed by atoms with van der Waals surface area (Å²) in [6.45, 7) is 1.49. The number of rotatable bonds is 6. The fraction of sp³-hybridized carbons (Fsp3) is 0.391. The summed E-state index contributed by atoms with van der Waals surface area (Å²) >= 11 is 0. The Morgan fingerprint density at radius 1 is 1.03 bits per heavy atom. The van der Waals surface area contributed by atoms with Crippen molar-refractivity contribution < 1.29 is 37.4 Å². The second-order valence-electron chi connectivity index (χ2n) is 8.89. The molecule has 2 aromatic rings. The van der Waals surface area contributed by atoms with Gasteiger partial charge in [0, 0.05) is 0 Å². The molecule has 0 aromatic heterocycles. The van der Waals surface area contributed by atoms with Crippen molar-refractivity contribution >= 4 is 21.7 Å². The Labute approximate surface area is 195 Å². The maximum absolute atomic E-state index is 14.2. The monoisotopic (exact) mass is 492 g/mol. The molecule has 1 amide bonds. The van der Waals surface area contributed by atoms with Crippen LogP contribution in [0.25, 0.3) is 0 Å². The Bertz CT molecular complexity index is 1210. The van der Waals surface area contributed by atoms with Crippen molar-refractivity contribution in [3.8, 4) is 11.5 Å². The van der Waals surface area contributed by atoms with Gasteiger partial charge in [-0.3, -0.25) is 10.0 Å². The van der Waals surface area contributed by atoms with E-state index >= 15 is 0 Å². The van der Waals surface area contributed by atoms with E-state index in [2.05, 4.69) is 5.32 Å². The number of halogens is 1. The summed E-state index contributed by atoms with van der Waals surface area (Å²) < 4.78 is 45.1. The third-order valence-electron chi connectivity index (χ3n) is 6.95. The number of hydrogen-bond acceptors (Lipinski definition) is 7. The molecule has 1 aliphatic heterocycles. The first-order valence-corrected chi connectivity index (χ1v) is 12.3. The Hall–Kier alpha value is -3.02. The molecule has 1 spiro atoms. The van der Waals surface area contributed by atoms with E-state index in [1.807, 2.05) is 0 Å². The fourth-order valence-electron chi connectivity index (χ4n) is 5.04. The van der Waals surface area contributed by atoms with Crippen LogP contribution in [0.4, 0.5) is 4.39 Å². The molecule has 182 valence electrons. The highest BCUT2D eigenvalue weighted by Gasteiger charge is 2.60. The zero-order valence-electron chi connectivity index (χ0n) is 18.2. The van der Waals surface area contributed by atoms with Crippen LogP contribution in [0.15, 0.2) is 47.4 Å². The predicted molar refractivity (Wildman–Crippen MR) is 118 cm³/mol. The van der Waals surface area contributed by atoms with Gasteiger partial charge in [-0.15, -0.1) is 0 Å². The first-order chi connectivity index (χ1) is 16.1. The summed E-state index contributed by atoms with van der Waals surface area (Å²) in [5, 5.41) is 21.6. The Morgan fingerprint density at radius 2 is 1.71 bits per heavy atom. The Balaban J connectivity index is 1.60. The highest BCUT2D eigenvalue weighted by atomic mass is 32.2. The molecule has 1 saturated heterocycles. The summed E-state index contributed by atoms with van der Waals surface area (Å²) in [6.07, 6.45) is 2.29. The number of hydroxylamine groups is 1. The van der Waals surface area contributed by atoms with Crippen molar-refractivity contribution in [1.29, 1.82) is 0 Å². The Morgan fingerprint density at radius 3 is 2.29 bits per heavy atom. The number of aromatic carboxylic acids is 1. The number of piperidine rings is 1. The average Bonchev–Trinajstić information content (AvgIpc) is 3.21. The predicted octanol–water partition coefficient (Wildman–Crippen LogP) is 2.89. The molecule has 2 aliphatic rings. The van der Waals surface area contributed by atoms with Crippen LogP contribution < -0.4 is 15.5 Å². The lowest BCUT2D eigenvalue weighted by Gasteiger charge is -2.36. The fourth-order valence-corrected chi connectivity index (χ4v) is 7.14. The van der Waals surface area contributed by atoms with Crippen molar-refractivity contribution in [2.24, 2.45) is 5.41 Å². The number of carboxylic acid groups (broad SMARTS) is 1. The summed E-state index contributed by atoms with van der Waals surface area (Å²) in [4.78, 5) is 23.6. The lowest BCUT2D eigenvalue weighted by molar-refractivity contribution is -0.132.